The maximum atomic E-state index is 11.1. The van der Waals surface area contributed by atoms with Gasteiger partial charge in [-0.25, -0.2) is 0 Å². The fraction of sp³-hybridized carbons (Fsp3) is 0.500. The van der Waals surface area contributed by atoms with Gasteiger partial charge < -0.3 is 10.2 Å². The molecule has 0 fully saturated rings. The van der Waals surface area contributed by atoms with Crippen molar-refractivity contribution in [2.45, 2.75) is 160 Å². The van der Waals surface area contributed by atoms with Crippen LogP contribution in [-0.2, 0) is 46.9 Å². The van der Waals surface area contributed by atoms with Crippen molar-refractivity contribution < 1.29 is 35.5 Å². The minimum atomic E-state index is -2.03. The second-order valence-electron chi connectivity index (χ2n) is 19.2. The molecule has 0 radical (unpaired) electrons. The molecule has 5 heteroatoms. The first kappa shape index (κ1) is 45.9. The van der Waals surface area contributed by atoms with Crippen LogP contribution in [0.2, 0.25) is 0 Å². The Balaban J connectivity index is 0.000000341. The number of phenolic OH excluding ortho intramolecular Hbond substituents is 2. The third-order valence-electron chi connectivity index (χ3n) is 10.7. The molecule has 4 nitrogen and oxygen atoms in total. The molecule has 0 spiro atoms. The standard InChI is InChI=1S/2C24H34O.Mo.2O/c2*1-14-11-18(19(12-15(14)2)23(5,6)7)21-20(24(8,9)10)13-16(3)17(4)22(21)25;;;/h2*11-13,25H,1-10H3;;;. The summed E-state index contributed by atoms with van der Waals surface area (Å²) in [5, 5.41) is 22.3. The zero-order valence-electron chi connectivity index (χ0n) is 36.6. The van der Waals surface area contributed by atoms with Crippen LogP contribution in [0.3, 0.4) is 0 Å². The third-order valence-corrected chi connectivity index (χ3v) is 10.7. The molecule has 4 aromatic carbocycles. The van der Waals surface area contributed by atoms with E-state index in [2.05, 4.69) is 161 Å². The molecular formula is C48H68MoO4. The molecule has 0 aliphatic carbocycles. The summed E-state index contributed by atoms with van der Waals surface area (Å²) in [6.45, 7) is 43.6. The van der Waals surface area contributed by atoms with Gasteiger partial charge in [0.25, 0.3) is 0 Å². The molecule has 4 aromatic rings. The van der Waals surface area contributed by atoms with Gasteiger partial charge in [-0.05, 0) is 155 Å². The van der Waals surface area contributed by atoms with E-state index in [-0.39, 0.29) is 21.7 Å². The van der Waals surface area contributed by atoms with Crippen molar-refractivity contribution in [3.8, 4) is 33.8 Å². The summed E-state index contributed by atoms with van der Waals surface area (Å²) in [6.07, 6.45) is 0. The van der Waals surface area contributed by atoms with Gasteiger partial charge in [0.05, 0.1) is 0 Å². The van der Waals surface area contributed by atoms with Gasteiger partial charge >= 0.3 is 25.3 Å². The molecule has 0 aromatic heterocycles. The SMILES string of the molecule is Cc1cc(-c2c(C(C)(C)C)cc(C)c(C)c2O)c(C(C)(C)C)cc1C.Cc1cc(-c2c(C(C)(C)C)cc(C)c(C)c2O)c(C(C)(C)C)cc1C.[O]=[Mo]=[O]. The molecule has 0 aliphatic rings. The molecule has 290 valence electrons. The Morgan fingerprint density at radius 3 is 0.811 bits per heavy atom. The van der Waals surface area contributed by atoms with Crippen LogP contribution in [0, 0.1) is 55.4 Å². The molecule has 0 heterocycles. The van der Waals surface area contributed by atoms with E-state index in [1.807, 2.05) is 13.8 Å². The molecule has 0 bridgehead atoms. The van der Waals surface area contributed by atoms with Crippen molar-refractivity contribution in [2.75, 3.05) is 0 Å². The van der Waals surface area contributed by atoms with Crippen LogP contribution < -0.4 is 0 Å². The average molecular weight is 805 g/mol. The van der Waals surface area contributed by atoms with Gasteiger partial charge in [-0.15, -0.1) is 0 Å². The van der Waals surface area contributed by atoms with Gasteiger partial charge in [0, 0.05) is 11.1 Å². The van der Waals surface area contributed by atoms with Crippen molar-refractivity contribution in [3.05, 3.63) is 103 Å². The number of phenols is 2. The van der Waals surface area contributed by atoms with Gasteiger partial charge in [0.15, 0.2) is 0 Å². The quantitative estimate of drug-likeness (QED) is 0.198. The normalized spacial score (nSPS) is 12.1. The maximum absolute atomic E-state index is 11.1. The Hall–Kier alpha value is -3.23. The molecule has 0 saturated carbocycles. The second kappa shape index (κ2) is 16.6. The van der Waals surface area contributed by atoms with Crippen molar-refractivity contribution >= 4 is 0 Å². The summed E-state index contributed by atoms with van der Waals surface area (Å²) in [6, 6.07) is 13.6. The number of aromatic hydroxyl groups is 2. The second-order valence-corrected chi connectivity index (χ2v) is 19.5. The van der Waals surface area contributed by atoms with E-state index in [1.54, 1.807) is 0 Å². The summed E-state index contributed by atoms with van der Waals surface area (Å²) in [4.78, 5) is 0. The Kier molecular flexibility index (Phi) is 14.4. The molecule has 0 atom stereocenters. The summed E-state index contributed by atoms with van der Waals surface area (Å²) in [7, 11) is 0. The minimum absolute atomic E-state index is 0.00811. The molecule has 0 unspecified atom stereocenters. The first-order valence-electron chi connectivity index (χ1n) is 18.7. The number of aryl methyl sites for hydroxylation is 6. The number of benzene rings is 4. The van der Waals surface area contributed by atoms with Gasteiger partial charge in [-0.3, -0.25) is 0 Å². The van der Waals surface area contributed by atoms with E-state index < -0.39 is 18.5 Å². The van der Waals surface area contributed by atoms with Gasteiger partial charge in [-0.2, -0.15) is 0 Å². The monoisotopic (exact) mass is 806 g/mol. The van der Waals surface area contributed by atoms with Gasteiger partial charge in [0.1, 0.15) is 11.5 Å². The Labute approximate surface area is 331 Å². The van der Waals surface area contributed by atoms with E-state index in [4.69, 9.17) is 6.80 Å². The molecule has 53 heavy (non-hydrogen) atoms. The first-order valence-corrected chi connectivity index (χ1v) is 20.4. The van der Waals surface area contributed by atoms with Crippen LogP contribution in [0.4, 0.5) is 0 Å². The fourth-order valence-corrected chi connectivity index (χ4v) is 6.81. The first-order chi connectivity index (χ1) is 23.9. The third kappa shape index (κ3) is 10.5. The Morgan fingerprint density at radius 2 is 0.585 bits per heavy atom. The molecule has 0 amide bonds. The number of rotatable bonds is 2. The van der Waals surface area contributed by atoms with Crippen molar-refractivity contribution in [2.24, 2.45) is 0 Å². The van der Waals surface area contributed by atoms with Crippen LogP contribution in [0.25, 0.3) is 22.3 Å². The predicted molar refractivity (Wildman–Crippen MR) is 221 cm³/mol. The van der Waals surface area contributed by atoms with Crippen molar-refractivity contribution in [1.82, 2.24) is 0 Å². The zero-order chi connectivity index (χ0) is 41.3. The van der Waals surface area contributed by atoms with Crippen LogP contribution in [0.15, 0.2) is 36.4 Å². The molecular weight excluding hydrogens is 736 g/mol. The van der Waals surface area contributed by atoms with Crippen molar-refractivity contribution in [1.29, 1.82) is 0 Å². The van der Waals surface area contributed by atoms with Gasteiger partial charge in [-0.1, -0.05) is 119 Å². The van der Waals surface area contributed by atoms with Crippen LogP contribution >= 0.6 is 0 Å². The van der Waals surface area contributed by atoms with E-state index in [1.165, 1.54) is 55.6 Å². The zero-order valence-corrected chi connectivity index (χ0v) is 38.6. The molecule has 0 saturated heterocycles. The van der Waals surface area contributed by atoms with Crippen LogP contribution in [-0.4, -0.2) is 10.2 Å². The Bertz CT molecular complexity index is 1870. The van der Waals surface area contributed by atoms with E-state index >= 15 is 0 Å². The summed E-state index contributed by atoms with van der Waals surface area (Å²) < 4.78 is 17.0. The summed E-state index contributed by atoms with van der Waals surface area (Å²) in [5.74, 6) is 0.859. The molecule has 4 rings (SSSR count). The molecule has 0 aliphatic heterocycles. The van der Waals surface area contributed by atoms with E-state index in [0.29, 0.717) is 11.5 Å². The number of hydrogen-bond donors (Lipinski definition) is 2. The predicted octanol–water partition coefficient (Wildman–Crippen LogP) is 13.5. The summed E-state index contributed by atoms with van der Waals surface area (Å²) in [5.41, 5.74) is 18.6. The number of hydrogen-bond acceptors (Lipinski definition) is 4. The average Bonchev–Trinajstić information content (AvgIpc) is 2.99. The van der Waals surface area contributed by atoms with Crippen LogP contribution in [0.5, 0.6) is 11.5 Å². The summed E-state index contributed by atoms with van der Waals surface area (Å²) >= 11 is -2.03. The Morgan fingerprint density at radius 1 is 0.377 bits per heavy atom. The topological polar surface area (TPSA) is 74.6 Å². The van der Waals surface area contributed by atoms with E-state index in [0.717, 1.165) is 33.4 Å². The van der Waals surface area contributed by atoms with Crippen molar-refractivity contribution in [3.63, 3.8) is 0 Å². The fourth-order valence-electron chi connectivity index (χ4n) is 6.81. The van der Waals surface area contributed by atoms with E-state index in [9.17, 15) is 10.2 Å². The molecule has 2 N–H and O–H groups in total. The van der Waals surface area contributed by atoms with Crippen LogP contribution in [0.1, 0.15) is 150 Å². The van der Waals surface area contributed by atoms with Gasteiger partial charge in [0.2, 0.25) is 0 Å².